The van der Waals surface area contributed by atoms with E-state index in [1.807, 2.05) is 18.2 Å². The fraction of sp³-hybridized carbons (Fsp3) is 0.333. The lowest BCUT2D eigenvalue weighted by molar-refractivity contribution is -0.136. The number of carboxylic acids is 1. The Morgan fingerprint density at radius 1 is 1.45 bits per heavy atom. The monoisotopic (exact) mass is 274 g/mol. The molecule has 2 aromatic rings. The number of aromatic nitrogens is 2. The van der Waals surface area contributed by atoms with Gasteiger partial charge in [0.05, 0.1) is 25.4 Å². The molecule has 0 saturated heterocycles. The summed E-state index contributed by atoms with van der Waals surface area (Å²) in [5.74, 6) is 0.282. The van der Waals surface area contributed by atoms with Crippen molar-refractivity contribution in [3.63, 3.8) is 0 Å². The maximum atomic E-state index is 10.9. The molecule has 0 spiro atoms. The Bertz CT molecular complexity index is 617. The highest BCUT2D eigenvalue weighted by molar-refractivity contribution is 5.75. The Morgan fingerprint density at radius 2 is 2.20 bits per heavy atom. The number of hydrogen-bond acceptors (Lipinski definition) is 3. The molecule has 0 aliphatic heterocycles. The normalized spacial score (nSPS) is 10.8. The van der Waals surface area contributed by atoms with Crippen LogP contribution in [0, 0.1) is 0 Å². The minimum atomic E-state index is -0.870. The number of nitrogens with zero attached hydrogens (tertiary/aromatic N) is 1. The first-order valence-electron chi connectivity index (χ1n) is 6.45. The van der Waals surface area contributed by atoms with Gasteiger partial charge in [-0.25, -0.2) is 0 Å². The molecule has 0 fully saturated rings. The van der Waals surface area contributed by atoms with E-state index in [9.17, 15) is 4.79 Å². The molecule has 2 N–H and O–H groups in total. The summed E-state index contributed by atoms with van der Waals surface area (Å²) in [6.07, 6.45) is 1.51. The highest BCUT2D eigenvalue weighted by Crippen LogP contribution is 2.32. The van der Waals surface area contributed by atoms with E-state index in [0.29, 0.717) is 11.5 Å². The van der Waals surface area contributed by atoms with E-state index in [-0.39, 0.29) is 6.42 Å². The van der Waals surface area contributed by atoms with Crippen LogP contribution in [0.2, 0.25) is 0 Å². The van der Waals surface area contributed by atoms with Crippen LogP contribution in [0.25, 0.3) is 11.3 Å². The predicted molar refractivity (Wildman–Crippen MR) is 76.0 cm³/mol. The highest BCUT2D eigenvalue weighted by Gasteiger charge is 2.14. The van der Waals surface area contributed by atoms with Gasteiger partial charge < -0.3 is 9.84 Å². The molecule has 5 nitrogen and oxygen atoms in total. The Morgan fingerprint density at radius 3 is 2.80 bits per heavy atom. The number of carboxylic acid groups (broad SMARTS) is 1. The van der Waals surface area contributed by atoms with Gasteiger partial charge in [-0.15, -0.1) is 0 Å². The second-order valence-electron chi connectivity index (χ2n) is 4.95. The summed E-state index contributed by atoms with van der Waals surface area (Å²) in [6.45, 7) is 4.18. The summed E-state index contributed by atoms with van der Waals surface area (Å²) in [5.41, 5.74) is 3.43. The highest BCUT2D eigenvalue weighted by atomic mass is 16.5. The smallest absolute Gasteiger partial charge is 0.307 e. The molecule has 0 bridgehead atoms. The molecule has 1 aromatic carbocycles. The van der Waals surface area contributed by atoms with Crippen LogP contribution in [0.15, 0.2) is 24.4 Å². The number of aliphatic carboxylic acids is 1. The third-order valence-electron chi connectivity index (χ3n) is 3.20. The molecular weight excluding hydrogens is 256 g/mol. The second kappa shape index (κ2) is 5.77. The van der Waals surface area contributed by atoms with Crippen LogP contribution >= 0.6 is 0 Å². The van der Waals surface area contributed by atoms with Gasteiger partial charge >= 0.3 is 5.97 Å². The fourth-order valence-corrected chi connectivity index (χ4v) is 2.20. The molecule has 0 atom stereocenters. The van der Waals surface area contributed by atoms with E-state index < -0.39 is 5.97 Å². The minimum absolute atomic E-state index is 0.0468. The SMILES string of the molecule is COc1ccc(-c2[nH]ncc2CC(=O)O)cc1C(C)C. The zero-order valence-corrected chi connectivity index (χ0v) is 11.8. The molecule has 0 aliphatic rings. The third kappa shape index (κ3) is 2.82. The van der Waals surface area contributed by atoms with E-state index in [2.05, 4.69) is 24.0 Å². The topological polar surface area (TPSA) is 75.2 Å². The van der Waals surface area contributed by atoms with Crippen LogP contribution < -0.4 is 4.74 Å². The molecule has 0 saturated carbocycles. The van der Waals surface area contributed by atoms with Crippen LogP contribution in [0.5, 0.6) is 5.75 Å². The van der Waals surface area contributed by atoms with Crippen molar-refractivity contribution < 1.29 is 14.6 Å². The van der Waals surface area contributed by atoms with Crippen LogP contribution in [0.1, 0.15) is 30.9 Å². The summed E-state index contributed by atoms with van der Waals surface area (Å²) < 4.78 is 5.35. The Balaban J connectivity index is 2.46. The van der Waals surface area contributed by atoms with Gasteiger partial charge in [0.25, 0.3) is 0 Å². The number of carbonyl (C=O) groups is 1. The molecule has 2 rings (SSSR count). The lowest BCUT2D eigenvalue weighted by Gasteiger charge is -2.13. The molecule has 1 heterocycles. The first-order chi connectivity index (χ1) is 9.52. The van der Waals surface area contributed by atoms with Crippen molar-refractivity contribution in [3.05, 3.63) is 35.5 Å². The number of aromatic amines is 1. The maximum absolute atomic E-state index is 10.9. The number of methoxy groups -OCH3 is 1. The van der Waals surface area contributed by atoms with Crippen LogP contribution in [0.3, 0.4) is 0 Å². The number of hydrogen-bond donors (Lipinski definition) is 2. The van der Waals surface area contributed by atoms with Gasteiger partial charge in [-0.3, -0.25) is 9.89 Å². The largest absolute Gasteiger partial charge is 0.496 e. The average Bonchev–Trinajstić information content (AvgIpc) is 2.85. The first-order valence-corrected chi connectivity index (χ1v) is 6.45. The van der Waals surface area contributed by atoms with Gasteiger partial charge in [-0.05, 0) is 29.7 Å². The Hall–Kier alpha value is -2.30. The van der Waals surface area contributed by atoms with E-state index in [4.69, 9.17) is 9.84 Å². The molecule has 20 heavy (non-hydrogen) atoms. The van der Waals surface area contributed by atoms with Gasteiger partial charge in [-0.1, -0.05) is 13.8 Å². The molecule has 0 unspecified atom stereocenters. The third-order valence-corrected chi connectivity index (χ3v) is 3.20. The van der Waals surface area contributed by atoms with Crippen molar-refractivity contribution in [2.45, 2.75) is 26.2 Å². The fourth-order valence-electron chi connectivity index (χ4n) is 2.20. The van der Waals surface area contributed by atoms with Crippen molar-refractivity contribution in [2.75, 3.05) is 7.11 Å². The summed E-state index contributed by atoms with van der Waals surface area (Å²) in [4.78, 5) is 10.9. The number of ether oxygens (including phenoxy) is 1. The van der Waals surface area contributed by atoms with Crippen LogP contribution in [-0.2, 0) is 11.2 Å². The van der Waals surface area contributed by atoms with Crippen LogP contribution in [-0.4, -0.2) is 28.4 Å². The van der Waals surface area contributed by atoms with Gasteiger partial charge in [-0.2, -0.15) is 5.10 Å². The lowest BCUT2D eigenvalue weighted by Crippen LogP contribution is -2.01. The number of nitrogens with one attached hydrogen (secondary N) is 1. The average molecular weight is 274 g/mol. The van der Waals surface area contributed by atoms with Crippen molar-refractivity contribution >= 4 is 5.97 Å². The zero-order chi connectivity index (χ0) is 14.7. The van der Waals surface area contributed by atoms with Crippen molar-refractivity contribution in [2.24, 2.45) is 0 Å². The predicted octanol–water partition coefficient (Wildman–Crippen LogP) is 2.84. The minimum Gasteiger partial charge on any atom is -0.496 e. The summed E-state index contributed by atoms with van der Waals surface area (Å²) >= 11 is 0. The molecular formula is C15H18N2O3. The lowest BCUT2D eigenvalue weighted by atomic mass is 9.97. The van der Waals surface area contributed by atoms with E-state index >= 15 is 0 Å². The first kappa shape index (κ1) is 14.1. The molecule has 5 heteroatoms. The van der Waals surface area contributed by atoms with Gasteiger partial charge in [0.15, 0.2) is 0 Å². The molecule has 0 aliphatic carbocycles. The van der Waals surface area contributed by atoms with Gasteiger partial charge in [0.1, 0.15) is 5.75 Å². The maximum Gasteiger partial charge on any atom is 0.307 e. The number of benzene rings is 1. The Kier molecular flexibility index (Phi) is 4.08. The summed E-state index contributed by atoms with van der Waals surface area (Å²) in [6, 6.07) is 5.82. The van der Waals surface area contributed by atoms with Crippen molar-refractivity contribution in [3.8, 4) is 17.0 Å². The van der Waals surface area contributed by atoms with E-state index in [1.165, 1.54) is 0 Å². The van der Waals surface area contributed by atoms with E-state index in [1.54, 1.807) is 13.3 Å². The van der Waals surface area contributed by atoms with Crippen LogP contribution in [0.4, 0.5) is 0 Å². The van der Waals surface area contributed by atoms with Crippen molar-refractivity contribution in [1.29, 1.82) is 0 Å². The zero-order valence-electron chi connectivity index (χ0n) is 11.8. The van der Waals surface area contributed by atoms with Gasteiger partial charge in [0.2, 0.25) is 0 Å². The second-order valence-corrected chi connectivity index (χ2v) is 4.95. The standard InChI is InChI=1S/C15H18N2O3/c1-9(2)12-6-10(4-5-13(12)20-3)15-11(7-14(18)19)8-16-17-15/h4-6,8-9H,7H2,1-3H3,(H,16,17)(H,18,19). The van der Waals surface area contributed by atoms with Crippen molar-refractivity contribution in [1.82, 2.24) is 10.2 Å². The number of rotatable bonds is 5. The molecule has 0 radical (unpaired) electrons. The molecule has 1 aromatic heterocycles. The number of H-pyrrole nitrogens is 1. The van der Waals surface area contributed by atoms with E-state index in [0.717, 1.165) is 22.6 Å². The summed E-state index contributed by atoms with van der Waals surface area (Å²) in [7, 11) is 1.65. The van der Waals surface area contributed by atoms with Gasteiger partial charge in [0, 0.05) is 11.1 Å². The quantitative estimate of drug-likeness (QED) is 0.879. The summed E-state index contributed by atoms with van der Waals surface area (Å²) in [5, 5.41) is 15.7. The molecule has 0 amide bonds. The molecule has 106 valence electrons. The Labute approximate surface area is 117 Å².